The summed E-state index contributed by atoms with van der Waals surface area (Å²) in [5, 5.41) is 12.3. The fourth-order valence-electron chi connectivity index (χ4n) is 3.17. The summed E-state index contributed by atoms with van der Waals surface area (Å²) in [4.78, 5) is 11.5. The smallest absolute Gasteiger partial charge is 0.274 e. The molecule has 3 N–H and O–H groups in total. The summed E-state index contributed by atoms with van der Waals surface area (Å²) >= 11 is 0. The molecule has 0 aromatic heterocycles. The van der Waals surface area contributed by atoms with E-state index in [0.717, 1.165) is 34.7 Å². The Kier molecular flexibility index (Phi) is 4.29. The van der Waals surface area contributed by atoms with Crippen LogP contribution < -0.4 is 15.5 Å². The van der Waals surface area contributed by atoms with E-state index >= 15 is 0 Å². The van der Waals surface area contributed by atoms with E-state index in [9.17, 15) is 4.79 Å². The van der Waals surface area contributed by atoms with Crippen molar-refractivity contribution in [3.63, 3.8) is 0 Å². The standard InChI is InChI=1S/C21H18N2O3/c24-21(23-25)15-11-9-14(10-12-15)13-18-16-5-1-3-7-19(16)26-20-8-4-2-6-17(20)22-18/h1-12,18,22,25H,13H2,(H,23,24). The number of rotatable bonds is 3. The molecule has 0 saturated carbocycles. The first-order valence-electron chi connectivity index (χ1n) is 8.40. The first-order valence-corrected chi connectivity index (χ1v) is 8.40. The second-order valence-corrected chi connectivity index (χ2v) is 6.17. The molecule has 1 aliphatic rings. The number of hydrogen-bond donors (Lipinski definition) is 3. The SMILES string of the molecule is O=C(NO)c1ccc(CC2Nc3ccccc3Oc3ccccc32)cc1. The highest BCUT2D eigenvalue weighted by Gasteiger charge is 2.22. The van der Waals surface area contributed by atoms with Gasteiger partial charge in [-0.25, -0.2) is 5.48 Å². The molecule has 1 aliphatic heterocycles. The van der Waals surface area contributed by atoms with Gasteiger partial charge >= 0.3 is 0 Å². The summed E-state index contributed by atoms with van der Waals surface area (Å²) in [7, 11) is 0. The highest BCUT2D eigenvalue weighted by Crippen LogP contribution is 2.40. The van der Waals surface area contributed by atoms with Crippen LogP contribution in [0.2, 0.25) is 0 Å². The quantitative estimate of drug-likeness (QED) is 0.488. The van der Waals surface area contributed by atoms with Gasteiger partial charge in [-0.05, 0) is 42.3 Å². The van der Waals surface area contributed by atoms with Crippen molar-refractivity contribution in [2.45, 2.75) is 12.5 Å². The number of anilines is 1. The summed E-state index contributed by atoms with van der Waals surface area (Å²) in [6.07, 6.45) is 0.732. The highest BCUT2D eigenvalue weighted by atomic mass is 16.5. The van der Waals surface area contributed by atoms with Gasteiger partial charge in [-0.2, -0.15) is 0 Å². The summed E-state index contributed by atoms with van der Waals surface area (Å²) in [5.74, 6) is 1.13. The fourth-order valence-corrected chi connectivity index (χ4v) is 3.17. The number of ether oxygens (including phenoxy) is 1. The average molecular weight is 346 g/mol. The molecule has 0 bridgehead atoms. The Morgan fingerprint density at radius 1 is 0.962 bits per heavy atom. The Balaban J connectivity index is 1.66. The number of carbonyl (C=O) groups is 1. The third kappa shape index (κ3) is 3.12. The van der Waals surface area contributed by atoms with E-state index in [2.05, 4.69) is 11.4 Å². The van der Waals surface area contributed by atoms with Gasteiger partial charge in [-0.15, -0.1) is 0 Å². The van der Waals surface area contributed by atoms with E-state index in [0.29, 0.717) is 5.56 Å². The second-order valence-electron chi connectivity index (χ2n) is 6.17. The van der Waals surface area contributed by atoms with Crippen LogP contribution in [0, 0.1) is 0 Å². The van der Waals surface area contributed by atoms with E-state index < -0.39 is 5.91 Å². The van der Waals surface area contributed by atoms with E-state index in [1.54, 1.807) is 17.6 Å². The molecule has 1 unspecified atom stereocenters. The second kappa shape index (κ2) is 6.90. The lowest BCUT2D eigenvalue weighted by molar-refractivity contribution is 0.0706. The molecule has 1 heterocycles. The molecule has 26 heavy (non-hydrogen) atoms. The zero-order chi connectivity index (χ0) is 17.9. The molecule has 5 nitrogen and oxygen atoms in total. The van der Waals surface area contributed by atoms with Crippen LogP contribution in [0.15, 0.2) is 72.8 Å². The zero-order valence-corrected chi connectivity index (χ0v) is 14.0. The van der Waals surface area contributed by atoms with E-state index in [1.807, 2.05) is 54.6 Å². The van der Waals surface area contributed by atoms with Crippen molar-refractivity contribution >= 4 is 11.6 Å². The lowest BCUT2D eigenvalue weighted by Crippen LogP contribution is -2.18. The molecule has 1 atom stereocenters. The largest absolute Gasteiger partial charge is 0.455 e. The monoisotopic (exact) mass is 346 g/mol. The molecule has 5 heteroatoms. The Morgan fingerprint density at radius 3 is 2.42 bits per heavy atom. The van der Waals surface area contributed by atoms with Crippen molar-refractivity contribution in [2.24, 2.45) is 0 Å². The molecule has 0 fully saturated rings. The Morgan fingerprint density at radius 2 is 1.65 bits per heavy atom. The normalized spacial score (nSPS) is 14.9. The Hall–Kier alpha value is -3.31. The van der Waals surface area contributed by atoms with Crippen LogP contribution in [0.4, 0.5) is 5.69 Å². The van der Waals surface area contributed by atoms with Crippen molar-refractivity contribution in [2.75, 3.05) is 5.32 Å². The zero-order valence-electron chi connectivity index (χ0n) is 14.0. The molecule has 1 amide bonds. The molecule has 3 aromatic rings. The van der Waals surface area contributed by atoms with Gasteiger partial charge in [0.1, 0.15) is 5.75 Å². The molecule has 130 valence electrons. The van der Waals surface area contributed by atoms with Crippen LogP contribution in [0.3, 0.4) is 0 Å². The minimum Gasteiger partial charge on any atom is -0.455 e. The van der Waals surface area contributed by atoms with Crippen LogP contribution in [0.5, 0.6) is 11.5 Å². The molecular weight excluding hydrogens is 328 g/mol. The maximum Gasteiger partial charge on any atom is 0.274 e. The molecule has 0 saturated heterocycles. The average Bonchev–Trinajstić information content (AvgIpc) is 2.84. The molecule has 0 aliphatic carbocycles. The van der Waals surface area contributed by atoms with Gasteiger partial charge in [0.05, 0.1) is 11.7 Å². The fraction of sp³-hybridized carbons (Fsp3) is 0.0952. The van der Waals surface area contributed by atoms with Crippen molar-refractivity contribution in [1.82, 2.24) is 5.48 Å². The van der Waals surface area contributed by atoms with Crippen molar-refractivity contribution < 1.29 is 14.7 Å². The number of benzene rings is 3. The number of para-hydroxylation sites is 3. The molecule has 0 spiro atoms. The van der Waals surface area contributed by atoms with E-state index in [-0.39, 0.29) is 6.04 Å². The highest BCUT2D eigenvalue weighted by molar-refractivity contribution is 5.93. The maximum atomic E-state index is 11.5. The van der Waals surface area contributed by atoms with Crippen LogP contribution in [0.1, 0.15) is 27.5 Å². The predicted molar refractivity (Wildman–Crippen MR) is 98.7 cm³/mol. The lowest BCUT2D eigenvalue weighted by Gasteiger charge is -2.19. The number of hydrogen-bond acceptors (Lipinski definition) is 4. The maximum absolute atomic E-state index is 11.5. The summed E-state index contributed by atoms with van der Waals surface area (Å²) in [6.45, 7) is 0. The van der Waals surface area contributed by atoms with Gasteiger partial charge in [-0.3, -0.25) is 10.0 Å². The Labute approximate surface area is 151 Å². The van der Waals surface area contributed by atoms with E-state index in [4.69, 9.17) is 9.94 Å². The van der Waals surface area contributed by atoms with Crippen molar-refractivity contribution in [3.8, 4) is 11.5 Å². The van der Waals surface area contributed by atoms with Gasteiger partial charge in [0.25, 0.3) is 5.91 Å². The molecular formula is C21H18N2O3. The third-order valence-corrected chi connectivity index (χ3v) is 4.49. The van der Waals surface area contributed by atoms with Gasteiger partial charge < -0.3 is 10.1 Å². The molecule has 4 rings (SSSR count). The van der Waals surface area contributed by atoms with Gasteiger partial charge in [0.2, 0.25) is 0 Å². The third-order valence-electron chi connectivity index (χ3n) is 4.49. The van der Waals surface area contributed by atoms with Crippen LogP contribution in [0.25, 0.3) is 0 Å². The Bertz CT molecular complexity index is 938. The molecule has 0 radical (unpaired) electrons. The van der Waals surface area contributed by atoms with Crippen molar-refractivity contribution in [1.29, 1.82) is 0 Å². The lowest BCUT2D eigenvalue weighted by atomic mass is 9.97. The number of nitrogens with one attached hydrogen (secondary N) is 2. The van der Waals surface area contributed by atoms with Crippen LogP contribution >= 0.6 is 0 Å². The molecule has 3 aromatic carbocycles. The minimum atomic E-state index is -0.517. The summed E-state index contributed by atoms with van der Waals surface area (Å²) in [5.41, 5.74) is 5.17. The summed E-state index contributed by atoms with van der Waals surface area (Å²) in [6, 6.07) is 23.1. The predicted octanol–water partition coefficient (Wildman–Crippen LogP) is 4.31. The summed E-state index contributed by atoms with van der Waals surface area (Å²) < 4.78 is 6.09. The first-order chi connectivity index (χ1) is 12.7. The number of fused-ring (bicyclic) bond motifs is 2. The van der Waals surface area contributed by atoms with Crippen LogP contribution in [-0.4, -0.2) is 11.1 Å². The van der Waals surface area contributed by atoms with Gasteiger partial charge in [-0.1, -0.05) is 42.5 Å². The number of carbonyl (C=O) groups excluding carboxylic acids is 1. The van der Waals surface area contributed by atoms with Gasteiger partial charge in [0.15, 0.2) is 5.75 Å². The van der Waals surface area contributed by atoms with Crippen molar-refractivity contribution in [3.05, 3.63) is 89.5 Å². The minimum absolute atomic E-state index is 0.0346. The number of amides is 1. The van der Waals surface area contributed by atoms with Crippen LogP contribution in [-0.2, 0) is 6.42 Å². The van der Waals surface area contributed by atoms with E-state index in [1.165, 1.54) is 0 Å². The number of hydroxylamine groups is 1. The first kappa shape index (κ1) is 16.2. The van der Waals surface area contributed by atoms with Gasteiger partial charge in [0, 0.05) is 11.1 Å². The topological polar surface area (TPSA) is 70.6 Å².